The van der Waals surface area contributed by atoms with E-state index < -0.39 is 23.9 Å². The van der Waals surface area contributed by atoms with Crippen molar-refractivity contribution >= 4 is 39.1 Å². The summed E-state index contributed by atoms with van der Waals surface area (Å²) in [4.78, 5) is 29.7. The fraction of sp³-hybridized carbons (Fsp3) is 0.318. The predicted octanol–water partition coefficient (Wildman–Crippen LogP) is 4.30. The van der Waals surface area contributed by atoms with E-state index in [9.17, 15) is 18.4 Å². The molecule has 9 nitrogen and oxygen atoms in total. The minimum Gasteiger partial charge on any atom is -0.365 e. The van der Waals surface area contributed by atoms with Crippen molar-refractivity contribution in [2.75, 3.05) is 5.32 Å². The molecule has 4 aromatic rings. The molecule has 0 spiro atoms. The van der Waals surface area contributed by atoms with Gasteiger partial charge in [-0.05, 0) is 39.3 Å². The van der Waals surface area contributed by atoms with Crippen LogP contribution in [0.1, 0.15) is 57.4 Å². The van der Waals surface area contributed by atoms with E-state index in [0.717, 1.165) is 11.3 Å². The molecule has 0 unspecified atom stereocenters. The molecule has 0 saturated carbocycles. The normalized spacial score (nSPS) is 11.5. The summed E-state index contributed by atoms with van der Waals surface area (Å²) >= 11 is 0.860. The van der Waals surface area contributed by atoms with Gasteiger partial charge in [-0.15, -0.1) is 11.3 Å². The second-order valence-corrected chi connectivity index (χ2v) is 8.64. The Balaban J connectivity index is 1.97. The second kappa shape index (κ2) is 8.93. The van der Waals surface area contributed by atoms with E-state index in [2.05, 4.69) is 20.5 Å². The number of amides is 2. The van der Waals surface area contributed by atoms with E-state index in [4.69, 9.17) is 5.73 Å². The summed E-state index contributed by atoms with van der Waals surface area (Å²) in [5.41, 5.74) is 7.86. The topological polar surface area (TPSA) is 121 Å². The molecule has 3 N–H and O–H groups in total. The van der Waals surface area contributed by atoms with Crippen molar-refractivity contribution in [1.82, 2.24) is 24.5 Å². The summed E-state index contributed by atoms with van der Waals surface area (Å²) in [7, 11) is 0. The Kier molecular flexibility index (Phi) is 6.17. The van der Waals surface area contributed by atoms with Crippen molar-refractivity contribution in [3.05, 3.63) is 46.0 Å². The number of hydrogen-bond acceptors (Lipinski definition) is 6. The Morgan fingerprint density at radius 1 is 1.21 bits per heavy atom. The number of nitrogens with one attached hydrogen (secondary N) is 1. The molecule has 178 valence electrons. The first-order valence-electron chi connectivity index (χ1n) is 10.6. The van der Waals surface area contributed by atoms with Gasteiger partial charge in [0, 0.05) is 35.9 Å². The molecule has 0 bridgehead atoms. The number of aryl methyl sites for hydroxylation is 3. The fourth-order valence-corrected chi connectivity index (χ4v) is 4.86. The maximum atomic E-state index is 13.7. The van der Waals surface area contributed by atoms with Gasteiger partial charge in [0.1, 0.15) is 15.4 Å². The van der Waals surface area contributed by atoms with E-state index in [1.807, 2.05) is 13.8 Å². The summed E-state index contributed by atoms with van der Waals surface area (Å²) in [6, 6.07) is 1.27. The third-order valence-electron chi connectivity index (χ3n) is 5.58. The number of carbonyl (C=O) groups excluding carboxylic acids is 2. The van der Waals surface area contributed by atoms with Crippen LogP contribution < -0.4 is 11.1 Å². The molecule has 0 aliphatic carbocycles. The van der Waals surface area contributed by atoms with Gasteiger partial charge >= 0.3 is 0 Å². The molecule has 4 aromatic heterocycles. The zero-order chi connectivity index (χ0) is 24.7. The Bertz CT molecular complexity index is 1420. The molecular formula is C22H23F2N7O2S. The highest BCUT2D eigenvalue weighted by atomic mass is 32.1. The summed E-state index contributed by atoms with van der Waals surface area (Å²) in [5, 5.41) is 11.7. The van der Waals surface area contributed by atoms with Crippen molar-refractivity contribution in [2.24, 2.45) is 5.73 Å². The van der Waals surface area contributed by atoms with E-state index in [-0.39, 0.29) is 15.4 Å². The number of pyridine rings is 1. The maximum Gasteiger partial charge on any atom is 0.280 e. The van der Waals surface area contributed by atoms with Crippen LogP contribution in [0.2, 0.25) is 0 Å². The van der Waals surface area contributed by atoms with Crippen molar-refractivity contribution in [3.8, 4) is 11.1 Å². The van der Waals surface area contributed by atoms with Crippen LogP contribution in [0.4, 0.5) is 14.5 Å². The summed E-state index contributed by atoms with van der Waals surface area (Å²) in [6.45, 7) is 8.49. The SMILES string of the molecule is CCn1cc(-c2cc(C(F)F)nc3sc(C(N)=O)c(NC(=O)c4cnn(CC)c4C)c23)c(C)n1. The van der Waals surface area contributed by atoms with Gasteiger partial charge in [-0.3, -0.25) is 19.0 Å². The van der Waals surface area contributed by atoms with E-state index >= 15 is 0 Å². The molecule has 0 aromatic carbocycles. The quantitative estimate of drug-likeness (QED) is 0.403. The van der Waals surface area contributed by atoms with Crippen LogP contribution >= 0.6 is 11.3 Å². The van der Waals surface area contributed by atoms with Gasteiger partial charge in [0.25, 0.3) is 18.2 Å². The summed E-state index contributed by atoms with van der Waals surface area (Å²) in [5.74, 6) is -1.30. The van der Waals surface area contributed by atoms with Crippen molar-refractivity contribution in [1.29, 1.82) is 0 Å². The zero-order valence-electron chi connectivity index (χ0n) is 19.0. The van der Waals surface area contributed by atoms with Gasteiger partial charge in [-0.25, -0.2) is 13.8 Å². The highest BCUT2D eigenvalue weighted by Gasteiger charge is 2.27. The number of alkyl halides is 2. The van der Waals surface area contributed by atoms with Crippen molar-refractivity contribution in [3.63, 3.8) is 0 Å². The van der Waals surface area contributed by atoms with Crippen LogP contribution in [0.5, 0.6) is 0 Å². The van der Waals surface area contributed by atoms with Gasteiger partial charge in [0.15, 0.2) is 0 Å². The van der Waals surface area contributed by atoms with Crippen molar-refractivity contribution < 1.29 is 18.4 Å². The zero-order valence-corrected chi connectivity index (χ0v) is 19.8. The molecule has 0 aliphatic heterocycles. The van der Waals surface area contributed by atoms with E-state index in [1.165, 1.54) is 12.3 Å². The minimum absolute atomic E-state index is 0.0181. The smallest absolute Gasteiger partial charge is 0.280 e. The first-order chi connectivity index (χ1) is 16.2. The number of anilines is 1. The third kappa shape index (κ3) is 3.94. The number of primary amides is 1. The maximum absolute atomic E-state index is 13.7. The standard InChI is InChI=1S/C22H23F2N7O2S/c1-5-30-9-14(10(3)29-30)12-7-15(19(23)24)27-22-16(12)17(18(34-22)20(25)32)28-21(33)13-8-26-31(6-2)11(13)4/h7-9,19H,5-6H2,1-4H3,(H2,25,32)(H,28,33). The number of fused-ring (bicyclic) bond motifs is 1. The molecule has 0 fully saturated rings. The highest BCUT2D eigenvalue weighted by molar-refractivity contribution is 7.21. The lowest BCUT2D eigenvalue weighted by Gasteiger charge is -2.10. The lowest BCUT2D eigenvalue weighted by Crippen LogP contribution is -2.17. The largest absolute Gasteiger partial charge is 0.365 e. The molecule has 2 amide bonds. The van der Waals surface area contributed by atoms with Gasteiger partial charge < -0.3 is 11.1 Å². The molecule has 0 atom stereocenters. The second-order valence-electron chi connectivity index (χ2n) is 7.64. The Hall–Kier alpha value is -3.67. The monoisotopic (exact) mass is 487 g/mol. The first-order valence-corrected chi connectivity index (χ1v) is 11.4. The number of nitrogens with two attached hydrogens (primary N) is 1. The predicted molar refractivity (Wildman–Crippen MR) is 125 cm³/mol. The minimum atomic E-state index is -2.83. The van der Waals surface area contributed by atoms with Gasteiger partial charge in [0.2, 0.25) is 0 Å². The molecule has 0 saturated heterocycles. The molecule has 12 heteroatoms. The lowest BCUT2D eigenvalue weighted by molar-refractivity contribution is 0.100. The number of aromatic nitrogens is 5. The van der Waals surface area contributed by atoms with E-state index in [1.54, 1.807) is 29.4 Å². The third-order valence-corrected chi connectivity index (χ3v) is 6.67. The van der Waals surface area contributed by atoms with Gasteiger partial charge in [-0.2, -0.15) is 10.2 Å². The number of thiophene rings is 1. The van der Waals surface area contributed by atoms with Gasteiger partial charge in [0.05, 0.1) is 23.1 Å². The van der Waals surface area contributed by atoms with Crippen LogP contribution in [0.25, 0.3) is 21.3 Å². The Morgan fingerprint density at radius 2 is 1.94 bits per heavy atom. The Morgan fingerprint density at radius 3 is 2.50 bits per heavy atom. The highest BCUT2D eigenvalue weighted by Crippen LogP contribution is 2.43. The summed E-state index contributed by atoms with van der Waals surface area (Å²) in [6.07, 6.45) is 0.349. The first kappa shape index (κ1) is 23.5. The molecule has 4 rings (SSSR count). The Labute approximate surface area is 197 Å². The van der Waals surface area contributed by atoms with Crippen LogP contribution in [0.3, 0.4) is 0 Å². The fourth-order valence-electron chi connectivity index (χ4n) is 3.85. The molecule has 0 radical (unpaired) electrons. The number of hydrogen-bond donors (Lipinski definition) is 2. The van der Waals surface area contributed by atoms with Crippen LogP contribution in [-0.4, -0.2) is 36.4 Å². The van der Waals surface area contributed by atoms with E-state index in [0.29, 0.717) is 46.6 Å². The molecule has 34 heavy (non-hydrogen) atoms. The molecule has 0 aliphatic rings. The van der Waals surface area contributed by atoms with Crippen molar-refractivity contribution in [2.45, 2.75) is 47.2 Å². The van der Waals surface area contributed by atoms with Crippen LogP contribution in [0, 0.1) is 13.8 Å². The summed E-state index contributed by atoms with van der Waals surface area (Å²) < 4.78 is 30.7. The van der Waals surface area contributed by atoms with Gasteiger partial charge in [-0.1, -0.05) is 0 Å². The number of nitrogens with zero attached hydrogens (tertiary/aromatic N) is 5. The number of halogens is 2. The average molecular weight is 488 g/mol. The number of rotatable bonds is 7. The molecular weight excluding hydrogens is 464 g/mol. The van der Waals surface area contributed by atoms with Crippen LogP contribution in [0.15, 0.2) is 18.5 Å². The average Bonchev–Trinajstić information content (AvgIpc) is 3.47. The lowest BCUT2D eigenvalue weighted by atomic mass is 10.0. The van der Waals surface area contributed by atoms with Crippen LogP contribution in [-0.2, 0) is 13.1 Å². The molecule has 4 heterocycles. The number of carbonyl (C=O) groups is 2.